The van der Waals surface area contributed by atoms with Gasteiger partial charge in [0, 0.05) is 13.2 Å². The molecule has 9 atom stereocenters. The summed E-state index contributed by atoms with van der Waals surface area (Å²) in [6.07, 6.45) is 47.3. The van der Waals surface area contributed by atoms with Crippen LogP contribution in [0.25, 0.3) is 0 Å². The van der Waals surface area contributed by atoms with E-state index >= 15 is 0 Å². The van der Waals surface area contributed by atoms with Crippen molar-refractivity contribution in [2.45, 2.75) is 201 Å². The van der Waals surface area contributed by atoms with Gasteiger partial charge in [-0.25, -0.2) is 0 Å². The van der Waals surface area contributed by atoms with Crippen molar-refractivity contribution in [2.75, 3.05) is 47.1 Å². The molecule has 0 saturated heterocycles. The number of rotatable bonds is 30. The molecule has 4 nitrogen and oxygen atoms in total. The van der Waals surface area contributed by atoms with Crippen LogP contribution in [-0.2, 0) is 14.2 Å². The first kappa shape index (κ1) is 49.5. The minimum absolute atomic E-state index is 0.0918. The van der Waals surface area contributed by atoms with E-state index in [0.717, 1.165) is 67.9 Å². The average molecular weight is 806 g/mol. The highest BCUT2D eigenvalue weighted by Crippen LogP contribution is 2.67. The Labute approximate surface area is 360 Å². The Morgan fingerprint density at radius 2 is 1.48 bits per heavy atom. The van der Waals surface area contributed by atoms with E-state index in [1.807, 2.05) is 0 Å². The number of fused-ring (bicyclic) bond motifs is 5. The summed E-state index contributed by atoms with van der Waals surface area (Å²) >= 11 is 0. The lowest BCUT2D eigenvalue weighted by atomic mass is 9.47. The van der Waals surface area contributed by atoms with E-state index < -0.39 is 0 Å². The van der Waals surface area contributed by atoms with Crippen LogP contribution in [0.5, 0.6) is 0 Å². The van der Waals surface area contributed by atoms with Gasteiger partial charge in [0.15, 0.2) is 0 Å². The predicted molar refractivity (Wildman–Crippen MR) is 250 cm³/mol. The zero-order valence-corrected chi connectivity index (χ0v) is 39.6. The normalized spacial score (nSPS) is 29.8. The number of ether oxygens (including phenoxy) is 3. The van der Waals surface area contributed by atoms with Crippen LogP contribution in [0.3, 0.4) is 0 Å². The Morgan fingerprint density at radius 1 is 0.759 bits per heavy atom. The van der Waals surface area contributed by atoms with Gasteiger partial charge in [-0.2, -0.15) is 0 Å². The predicted octanol–water partition coefficient (Wildman–Crippen LogP) is 14.7. The molecule has 0 N–H and O–H groups in total. The highest BCUT2D eigenvalue weighted by molar-refractivity contribution is 5.25. The fraction of sp³-hybridized carbons (Fsp3) is 0.852. The molecule has 4 heteroatoms. The van der Waals surface area contributed by atoms with Crippen LogP contribution in [0, 0.1) is 46.3 Å². The van der Waals surface area contributed by atoms with E-state index in [4.69, 9.17) is 14.2 Å². The van der Waals surface area contributed by atoms with Gasteiger partial charge in [0.05, 0.1) is 32.0 Å². The van der Waals surface area contributed by atoms with Gasteiger partial charge in [-0.3, -0.25) is 0 Å². The molecule has 334 valence electrons. The molecule has 3 saturated carbocycles. The maximum absolute atomic E-state index is 6.51. The monoisotopic (exact) mass is 806 g/mol. The highest BCUT2D eigenvalue weighted by Gasteiger charge is 2.59. The first-order chi connectivity index (χ1) is 28.1. The van der Waals surface area contributed by atoms with Crippen LogP contribution < -0.4 is 0 Å². The van der Waals surface area contributed by atoms with Crippen LogP contribution in [0.4, 0.5) is 0 Å². The molecule has 0 aromatic carbocycles. The molecule has 4 rings (SSSR count). The zero-order valence-electron chi connectivity index (χ0n) is 39.6. The summed E-state index contributed by atoms with van der Waals surface area (Å²) in [5.74, 6) is 5.38. The van der Waals surface area contributed by atoms with E-state index in [-0.39, 0.29) is 6.10 Å². The number of nitrogens with zero attached hydrogens (tertiary/aromatic N) is 1. The molecular weight excluding hydrogens is 711 g/mol. The van der Waals surface area contributed by atoms with Crippen molar-refractivity contribution in [3.05, 3.63) is 48.1 Å². The lowest BCUT2D eigenvalue weighted by Gasteiger charge is -2.58. The van der Waals surface area contributed by atoms with E-state index in [9.17, 15) is 0 Å². The molecule has 6 unspecified atom stereocenters. The molecule has 0 spiro atoms. The maximum Gasteiger partial charge on any atom is 0.0938 e. The van der Waals surface area contributed by atoms with Crippen molar-refractivity contribution in [1.29, 1.82) is 0 Å². The van der Waals surface area contributed by atoms with Crippen molar-refractivity contribution >= 4 is 0 Å². The molecular formula is C54H95NO3. The van der Waals surface area contributed by atoms with Crippen LogP contribution in [0.15, 0.2) is 48.1 Å². The Kier molecular flexibility index (Phi) is 23.0. The summed E-state index contributed by atoms with van der Waals surface area (Å²) in [6.45, 7) is 18.7. The van der Waals surface area contributed by atoms with Crippen LogP contribution in [0.2, 0.25) is 0 Å². The van der Waals surface area contributed by atoms with Gasteiger partial charge in [-0.05, 0) is 150 Å². The van der Waals surface area contributed by atoms with Crippen LogP contribution in [-0.4, -0.2) is 64.2 Å². The summed E-state index contributed by atoms with van der Waals surface area (Å²) in [7, 11) is 4.23. The second-order valence-corrected chi connectivity index (χ2v) is 20.8. The molecule has 0 radical (unpaired) electrons. The Morgan fingerprint density at radius 3 is 2.22 bits per heavy atom. The second kappa shape index (κ2) is 27.0. The third-order valence-electron chi connectivity index (χ3n) is 15.6. The first-order valence-corrected chi connectivity index (χ1v) is 25.2. The van der Waals surface area contributed by atoms with Gasteiger partial charge in [-0.1, -0.05) is 147 Å². The maximum atomic E-state index is 6.51. The van der Waals surface area contributed by atoms with Gasteiger partial charge in [0.25, 0.3) is 0 Å². The van der Waals surface area contributed by atoms with Crippen LogP contribution >= 0.6 is 0 Å². The SMILES string of the molecule is CCCCC/C=C\C/C=C\CCCCCCCCOCC(CN(C)C)OC/C=C\CO[C@H]1CC[C@@]2(C)C(=CCC3C4CCC(C(C)CCCC(C)C)[C@@]4(C)CCC32)C1. The number of hydrogen-bond acceptors (Lipinski definition) is 4. The van der Waals surface area contributed by atoms with Crippen molar-refractivity contribution < 1.29 is 14.2 Å². The Bertz CT molecular complexity index is 1220. The van der Waals surface area contributed by atoms with E-state index in [1.165, 1.54) is 128 Å². The third-order valence-corrected chi connectivity index (χ3v) is 15.6. The van der Waals surface area contributed by atoms with Gasteiger partial charge >= 0.3 is 0 Å². The summed E-state index contributed by atoms with van der Waals surface area (Å²) in [5.41, 5.74) is 2.69. The lowest BCUT2D eigenvalue weighted by Crippen LogP contribution is -2.51. The van der Waals surface area contributed by atoms with Crippen molar-refractivity contribution in [2.24, 2.45) is 46.3 Å². The number of allylic oxidation sites excluding steroid dienone is 5. The molecule has 0 amide bonds. The fourth-order valence-corrected chi connectivity index (χ4v) is 12.3. The summed E-state index contributed by atoms with van der Waals surface area (Å²) in [6, 6.07) is 0. The van der Waals surface area contributed by atoms with Gasteiger partial charge in [-0.15, -0.1) is 0 Å². The molecule has 0 aromatic rings. The number of unbranched alkanes of at least 4 members (excludes halogenated alkanes) is 9. The minimum atomic E-state index is 0.0918. The summed E-state index contributed by atoms with van der Waals surface area (Å²) < 4.78 is 18.9. The third kappa shape index (κ3) is 15.9. The number of likely N-dealkylation sites (N-methyl/N-ethyl adjacent to an activating group) is 1. The van der Waals surface area contributed by atoms with Crippen molar-refractivity contribution in [1.82, 2.24) is 4.90 Å². The van der Waals surface area contributed by atoms with Crippen molar-refractivity contribution in [3.8, 4) is 0 Å². The smallest absolute Gasteiger partial charge is 0.0938 e. The molecule has 0 heterocycles. The first-order valence-electron chi connectivity index (χ1n) is 25.2. The van der Waals surface area contributed by atoms with Gasteiger partial charge in [0.2, 0.25) is 0 Å². The molecule has 4 aliphatic rings. The molecule has 0 aromatic heterocycles. The molecule has 3 fully saturated rings. The minimum Gasteiger partial charge on any atom is -0.379 e. The van der Waals surface area contributed by atoms with Crippen molar-refractivity contribution in [3.63, 3.8) is 0 Å². The van der Waals surface area contributed by atoms with Gasteiger partial charge < -0.3 is 19.1 Å². The molecule has 0 bridgehead atoms. The summed E-state index contributed by atoms with van der Waals surface area (Å²) in [4.78, 5) is 2.20. The summed E-state index contributed by atoms with van der Waals surface area (Å²) in [5, 5.41) is 0. The number of hydrogen-bond donors (Lipinski definition) is 0. The second-order valence-electron chi connectivity index (χ2n) is 20.8. The molecule has 58 heavy (non-hydrogen) atoms. The Hall–Kier alpha value is -1.20. The zero-order chi connectivity index (χ0) is 41.6. The topological polar surface area (TPSA) is 30.9 Å². The largest absolute Gasteiger partial charge is 0.379 e. The van der Waals surface area contributed by atoms with Gasteiger partial charge in [0.1, 0.15) is 0 Å². The van der Waals surface area contributed by atoms with E-state index in [2.05, 4.69) is 103 Å². The van der Waals surface area contributed by atoms with Crippen LogP contribution in [0.1, 0.15) is 189 Å². The molecule has 4 aliphatic carbocycles. The van der Waals surface area contributed by atoms with E-state index in [1.54, 1.807) is 5.57 Å². The highest BCUT2D eigenvalue weighted by atomic mass is 16.5. The Balaban J connectivity index is 1.06. The average Bonchev–Trinajstić information content (AvgIpc) is 3.55. The lowest BCUT2D eigenvalue weighted by molar-refractivity contribution is -0.0621. The fourth-order valence-electron chi connectivity index (χ4n) is 12.3. The quantitative estimate of drug-likeness (QED) is 0.0534. The standard InChI is InChI=1S/C54H95NO3/c1-9-10-11-12-13-14-15-16-17-18-19-20-21-22-23-24-38-56-43-48(42-55(7)8)58-40-26-25-39-57-47-34-36-53(5)46(41-47)30-31-49-51-33-32-50(45(4)29-27-28-44(2)3)54(51,6)37-35-52(49)53/h13-14,16-17,25-26,30,44-45,47-52H,9-12,15,18-24,27-29,31-43H2,1-8H3/b14-13-,17-16-,26-25-/t45?,47-,48?,49?,50?,51?,52?,53-,54+/m0/s1. The van der Waals surface area contributed by atoms with E-state index in [0.29, 0.717) is 36.8 Å². The molecule has 0 aliphatic heterocycles.